The third-order valence-electron chi connectivity index (χ3n) is 1.93. The van der Waals surface area contributed by atoms with Crippen molar-refractivity contribution in [3.8, 4) is 0 Å². The smallest absolute Gasteiger partial charge is 0.169 e. The van der Waals surface area contributed by atoms with Crippen molar-refractivity contribution in [2.75, 3.05) is 5.88 Å². The Kier molecular flexibility index (Phi) is 2.61. The van der Waals surface area contributed by atoms with Gasteiger partial charge in [0.15, 0.2) is 5.82 Å². The summed E-state index contributed by atoms with van der Waals surface area (Å²) in [7, 11) is 0. The molecule has 0 unspecified atom stereocenters. The van der Waals surface area contributed by atoms with Gasteiger partial charge in [-0.15, -0.1) is 11.6 Å². The summed E-state index contributed by atoms with van der Waals surface area (Å²) < 4.78 is 13.4. The fourth-order valence-corrected chi connectivity index (χ4v) is 1.61. The predicted molar refractivity (Wildman–Crippen MR) is 55.5 cm³/mol. The van der Waals surface area contributed by atoms with E-state index >= 15 is 0 Å². The van der Waals surface area contributed by atoms with Crippen LogP contribution in [0.25, 0.3) is 11.0 Å². The highest BCUT2D eigenvalue weighted by atomic mass is 35.5. The molecule has 0 fully saturated rings. The Morgan fingerprint density at radius 2 is 2.21 bits per heavy atom. The number of aromatic amines is 1. The molecular formula is C9H7Cl2FN2. The van der Waals surface area contributed by atoms with Crippen LogP contribution in [0.4, 0.5) is 4.39 Å². The Morgan fingerprint density at radius 1 is 1.43 bits per heavy atom. The van der Waals surface area contributed by atoms with Crippen molar-refractivity contribution >= 4 is 34.2 Å². The van der Waals surface area contributed by atoms with Crippen LogP contribution in [-0.2, 0) is 6.42 Å². The highest BCUT2D eigenvalue weighted by Crippen LogP contribution is 2.22. The van der Waals surface area contributed by atoms with Gasteiger partial charge in [-0.1, -0.05) is 11.6 Å². The van der Waals surface area contributed by atoms with Crippen molar-refractivity contribution in [2.45, 2.75) is 6.42 Å². The van der Waals surface area contributed by atoms with E-state index in [1.54, 1.807) is 6.07 Å². The van der Waals surface area contributed by atoms with Gasteiger partial charge in [-0.3, -0.25) is 0 Å². The Labute approximate surface area is 90.0 Å². The summed E-state index contributed by atoms with van der Waals surface area (Å²) in [6.45, 7) is 0. The Morgan fingerprint density at radius 3 is 2.93 bits per heavy atom. The second-order valence-electron chi connectivity index (χ2n) is 2.88. The molecule has 2 rings (SSSR count). The molecule has 1 aromatic heterocycles. The van der Waals surface area contributed by atoms with E-state index in [2.05, 4.69) is 9.97 Å². The molecule has 0 saturated heterocycles. The molecule has 2 aromatic rings. The number of rotatable bonds is 2. The van der Waals surface area contributed by atoms with Gasteiger partial charge in [0.1, 0.15) is 11.3 Å². The third kappa shape index (κ3) is 1.57. The molecule has 1 N–H and O–H groups in total. The normalized spacial score (nSPS) is 11.1. The summed E-state index contributed by atoms with van der Waals surface area (Å²) in [6, 6.07) is 3.20. The minimum Gasteiger partial charge on any atom is -0.342 e. The minimum absolute atomic E-state index is 0.0847. The van der Waals surface area contributed by atoms with Gasteiger partial charge in [0.2, 0.25) is 0 Å². The Balaban J connectivity index is 2.59. The number of H-pyrrole nitrogens is 1. The molecule has 0 atom stereocenters. The van der Waals surface area contributed by atoms with E-state index in [0.29, 0.717) is 23.6 Å². The quantitative estimate of drug-likeness (QED) is 0.793. The molecule has 0 spiro atoms. The lowest BCUT2D eigenvalue weighted by atomic mass is 10.3. The fraction of sp³-hybridized carbons (Fsp3) is 0.222. The zero-order valence-corrected chi connectivity index (χ0v) is 8.66. The molecule has 0 radical (unpaired) electrons. The zero-order valence-electron chi connectivity index (χ0n) is 7.15. The van der Waals surface area contributed by atoms with E-state index in [4.69, 9.17) is 23.2 Å². The van der Waals surface area contributed by atoms with E-state index in [0.717, 1.165) is 0 Å². The van der Waals surface area contributed by atoms with Gasteiger partial charge < -0.3 is 4.98 Å². The van der Waals surface area contributed by atoms with Crippen LogP contribution in [0.5, 0.6) is 0 Å². The van der Waals surface area contributed by atoms with Crippen LogP contribution in [0, 0.1) is 5.82 Å². The lowest BCUT2D eigenvalue weighted by Crippen LogP contribution is -1.87. The fourth-order valence-electron chi connectivity index (χ4n) is 1.28. The number of halogens is 3. The SMILES string of the molecule is Fc1c(Cl)ccc2[nH]c(CCCl)nc12. The van der Waals surface area contributed by atoms with Crippen LogP contribution < -0.4 is 0 Å². The summed E-state index contributed by atoms with van der Waals surface area (Å²) in [4.78, 5) is 7.03. The molecule has 2 nitrogen and oxygen atoms in total. The highest BCUT2D eigenvalue weighted by molar-refractivity contribution is 6.31. The summed E-state index contributed by atoms with van der Waals surface area (Å²) in [5.41, 5.74) is 0.921. The van der Waals surface area contributed by atoms with Crippen LogP contribution in [0.2, 0.25) is 5.02 Å². The summed E-state index contributed by atoms with van der Waals surface area (Å²) in [6.07, 6.45) is 0.591. The first-order valence-corrected chi connectivity index (χ1v) is 5.02. The molecule has 74 valence electrons. The molecule has 0 aliphatic heterocycles. The largest absolute Gasteiger partial charge is 0.342 e. The number of nitrogens with zero attached hydrogens (tertiary/aromatic N) is 1. The summed E-state index contributed by atoms with van der Waals surface area (Å²) in [5, 5.41) is 0.0847. The van der Waals surface area contributed by atoms with Crippen molar-refractivity contribution in [3.05, 3.63) is 28.8 Å². The maximum Gasteiger partial charge on any atom is 0.169 e. The van der Waals surface area contributed by atoms with Crippen molar-refractivity contribution in [1.82, 2.24) is 9.97 Å². The van der Waals surface area contributed by atoms with E-state index in [9.17, 15) is 4.39 Å². The van der Waals surface area contributed by atoms with Crippen molar-refractivity contribution in [1.29, 1.82) is 0 Å². The number of alkyl halides is 1. The first kappa shape index (κ1) is 9.74. The van der Waals surface area contributed by atoms with Crippen molar-refractivity contribution in [3.63, 3.8) is 0 Å². The minimum atomic E-state index is -0.485. The van der Waals surface area contributed by atoms with Gasteiger partial charge in [0.25, 0.3) is 0 Å². The maximum absolute atomic E-state index is 13.4. The van der Waals surface area contributed by atoms with Gasteiger partial charge in [0, 0.05) is 12.3 Å². The average Bonchev–Trinajstić information content (AvgIpc) is 2.56. The maximum atomic E-state index is 13.4. The number of fused-ring (bicyclic) bond motifs is 1. The second-order valence-corrected chi connectivity index (χ2v) is 3.67. The molecule has 0 aliphatic rings. The van der Waals surface area contributed by atoms with Gasteiger partial charge in [0.05, 0.1) is 10.5 Å². The number of imidazole rings is 1. The molecule has 0 saturated carbocycles. The molecule has 0 aliphatic carbocycles. The summed E-state index contributed by atoms with van der Waals surface area (Å²) >= 11 is 11.2. The highest BCUT2D eigenvalue weighted by Gasteiger charge is 2.09. The van der Waals surface area contributed by atoms with E-state index in [1.165, 1.54) is 6.07 Å². The van der Waals surface area contributed by atoms with Crippen LogP contribution in [-0.4, -0.2) is 15.8 Å². The number of aromatic nitrogens is 2. The number of hydrogen-bond donors (Lipinski definition) is 1. The van der Waals surface area contributed by atoms with Crippen LogP contribution in [0.15, 0.2) is 12.1 Å². The van der Waals surface area contributed by atoms with Gasteiger partial charge in [-0.25, -0.2) is 9.37 Å². The van der Waals surface area contributed by atoms with Crippen LogP contribution >= 0.6 is 23.2 Å². The lowest BCUT2D eigenvalue weighted by Gasteiger charge is -1.92. The number of hydrogen-bond acceptors (Lipinski definition) is 1. The molecular weight excluding hydrogens is 226 g/mol. The first-order valence-electron chi connectivity index (χ1n) is 4.11. The second kappa shape index (κ2) is 3.75. The molecule has 1 aromatic carbocycles. The van der Waals surface area contributed by atoms with Crippen LogP contribution in [0.3, 0.4) is 0 Å². The van der Waals surface area contributed by atoms with Gasteiger partial charge in [-0.05, 0) is 12.1 Å². The van der Waals surface area contributed by atoms with Gasteiger partial charge in [-0.2, -0.15) is 0 Å². The summed E-state index contributed by atoms with van der Waals surface area (Å²) in [5.74, 6) is 0.646. The Hall–Kier alpha value is -0.800. The molecule has 14 heavy (non-hydrogen) atoms. The lowest BCUT2D eigenvalue weighted by molar-refractivity contribution is 0.637. The first-order chi connectivity index (χ1) is 6.72. The van der Waals surface area contributed by atoms with E-state index in [1.807, 2.05) is 0 Å². The van der Waals surface area contributed by atoms with Crippen molar-refractivity contribution in [2.24, 2.45) is 0 Å². The van der Waals surface area contributed by atoms with Crippen molar-refractivity contribution < 1.29 is 4.39 Å². The Bertz CT molecular complexity index is 467. The van der Waals surface area contributed by atoms with Gasteiger partial charge >= 0.3 is 0 Å². The van der Waals surface area contributed by atoms with Crippen LogP contribution in [0.1, 0.15) is 5.82 Å². The molecule has 0 bridgehead atoms. The standard InChI is InChI=1S/C9H7Cl2FN2/c10-4-3-7-13-6-2-1-5(11)8(12)9(6)14-7/h1-2H,3-4H2,(H,13,14). The number of benzene rings is 1. The molecule has 1 heterocycles. The molecule has 5 heteroatoms. The van der Waals surface area contributed by atoms with E-state index < -0.39 is 5.82 Å². The average molecular weight is 233 g/mol. The van der Waals surface area contributed by atoms with E-state index in [-0.39, 0.29) is 10.5 Å². The number of aryl methyl sites for hydroxylation is 1. The third-order valence-corrected chi connectivity index (χ3v) is 2.41. The topological polar surface area (TPSA) is 28.7 Å². The monoisotopic (exact) mass is 232 g/mol. The predicted octanol–water partition coefficient (Wildman–Crippen LogP) is 3.14. The number of nitrogens with one attached hydrogen (secondary N) is 1. The molecule has 0 amide bonds. The zero-order chi connectivity index (χ0) is 10.1.